The van der Waals surface area contributed by atoms with Crippen LogP contribution in [0.1, 0.15) is 40.5 Å². The summed E-state index contributed by atoms with van der Waals surface area (Å²) in [5, 5.41) is 0. The van der Waals surface area contributed by atoms with Crippen molar-refractivity contribution < 1.29 is 8.78 Å². The highest BCUT2D eigenvalue weighted by Gasteiger charge is 2.25. The topological polar surface area (TPSA) is 3.24 Å². The predicted octanol–water partition coefficient (Wildman–Crippen LogP) is 4.86. The molecule has 1 heterocycles. The number of rotatable bonds is 3. The summed E-state index contributed by atoms with van der Waals surface area (Å²) in [6.07, 6.45) is 2.24. The SMILES string of the molecule is CC.CC(C)CC1CCN(c2cc(F)ccc2F)C1. The summed E-state index contributed by atoms with van der Waals surface area (Å²) in [5.41, 5.74) is 0.413. The average molecular weight is 269 g/mol. The number of anilines is 1. The second kappa shape index (κ2) is 7.46. The Hall–Kier alpha value is -1.12. The van der Waals surface area contributed by atoms with Gasteiger partial charge in [0.1, 0.15) is 11.6 Å². The summed E-state index contributed by atoms with van der Waals surface area (Å²) in [6, 6.07) is 3.67. The maximum absolute atomic E-state index is 13.6. The first-order valence-corrected chi connectivity index (χ1v) is 7.26. The molecule has 19 heavy (non-hydrogen) atoms. The Morgan fingerprint density at radius 3 is 2.58 bits per heavy atom. The van der Waals surface area contributed by atoms with E-state index in [4.69, 9.17) is 0 Å². The minimum Gasteiger partial charge on any atom is -0.369 e. The number of benzene rings is 1. The standard InChI is InChI=1S/C14H19F2N.C2H6/c1-10(2)7-11-5-6-17(9-11)14-8-12(15)3-4-13(14)16;1-2/h3-4,8,10-11H,5-7,9H2,1-2H3;1-2H3. The molecule has 1 atom stereocenters. The molecule has 1 aliphatic heterocycles. The van der Waals surface area contributed by atoms with Gasteiger partial charge in [-0.15, -0.1) is 0 Å². The van der Waals surface area contributed by atoms with Crippen LogP contribution in [0.4, 0.5) is 14.5 Å². The van der Waals surface area contributed by atoms with E-state index in [9.17, 15) is 8.78 Å². The number of hydrogen-bond donors (Lipinski definition) is 0. The molecule has 0 N–H and O–H groups in total. The van der Waals surface area contributed by atoms with Crippen LogP contribution in [0.5, 0.6) is 0 Å². The van der Waals surface area contributed by atoms with Gasteiger partial charge in [0.25, 0.3) is 0 Å². The summed E-state index contributed by atoms with van der Waals surface area (Å²) >= 11 is 0. The summed E-state index contributed by atoms with van der Waals surface area (Å²) in [7, 11) is 0. The van der Waals surface area contributed by atoms with E-state index in [1.807, 2.05) is 18.7 Å². The molecule has 0 radical (unpaired) electrons. The molecule has 2 rings (SSSR count). The van der Waals surface area contributed by atoms with Crippen LogP contribution in [0.3, 0.4) is 0 Å². The summed E-state index contributed by atoms with van der Waals surface area (Å²) in [4.78, 5) is 1.96. The third kappa shape index (κ3) is 4.48. The fourth-order valence-corrected chi connectivity index (χ4v) is 2.64. The monoisotopic (exact) mass is 269 g/mol. The van der Waals surface area contributed by atoms with Gasteiger partial charge in [-0.25, -0.2) is 8.78 Å². The van der Waals surface area contributed by atoms with Crippen molar-refractivity contribution in [1.29, 1.82) is 0 Å². The van der Waals surface area contributed by atoms with Gasteiger partial charge in [0.15, 0.2) is 0 Å². The summed E-state index contributed by atoms with van der Waals surface area (Å²) < 4.78 is 26.7. The van der Waals surface area contributed by atoms with Crippen LogP contribution in [-0.4, -0.2) is 13.1 Å². The van der Waals surface area contributed by atoms with Crippen molar-refractivity contribution in [2.45, 2.75) is 40.5 Å². The van der Waals surface area contributed by atoms with Gasteiger partial charge >= 0.3 is 0 Å². The second-order valence-electron chi connectivity index (χ2n) is 5.33. The van der Waals surface area contributed by atoms with E-state index in [2.05, 4.69) is 13.8 Å². The zero-order valence-electron chi connectivity index (χ0n) is 12.4. The maximum atomic E-state index is 13.6. The Kier molecular flexibility index (Phi) is 6.26. The van der Waals surface area contributed by atoms with Gasteiger partial charge in [-0.1, -0.05) is 27.7 Å². The third-order valence-electron chi connectivity index (χ3n) is 3.34. The molecule has 108 valence electrons. The first-order chi connectivity index (χ1) is 9.06. The Morgan fingerprint density at radius 2 is 1.95 bits per heavy atom. The van der Waals surface area contributed by atoms with Gasteiger partial charge in [-0.2, -0.15) is 0 Å². The van der Waals surface area contributed by atoms with E-state index in [-0.39, 0.29) is 11.6 Å². The Morgan fingerprint density at radius 1 is 1.26 bits per heavy atom. The molecule has 1 aromatic rings. The zero-order chi connectivity index (χ0) is 14.4. The molecule has 1 nitrogen and oxygen atoms in total. The van der Waals surface area contributed by atoms with Crippen LogP contribution in [-0.2, 0) is 0 Å². The molecular weight excluding hydrogens is 244 g/mol. The molecule has 1 aromatic carbocycles. The lowest BCUT2D eigenvalue weighted by molar-refractivity contribution is 0.441. The van der Waals surface area contributed by atoms with Crippen molar-refractivity contribution in [1.82, 2.24) is 0 Å². The maximum Gasteiger partial charge on any atom is 0.146 e. The third-order valence-corrected chi connectivity index (χ3v) is 3.34. The van der Waals surface area contributed by atoms with Crippen LogP contribution < -0.4 is 4.90 Å². The van der Waals surface area contributed by atoms with Crippen LogP contribution in [0.25, 0.3) is 0 Å². The minimum atomic E-state index is -0.367. The van der Waals surface area contributed by atoms with E-state index in [0.717, 1.165) is 25.9 Å². The van der Waals surface area contributed by atoms with Gasteiger partial charge in [0.05, 0.1) is 5.69 Å². The number of nitrogens with zero attached hydrogens (tertiary/aromatic N) is 1. The highest BCUT2D eigenvalue weighted by atomic mass is 19.1. The summed E-state index contributed by atoms with van der Waals surface area (Å²) in [5.74, 6) is 0.584. The fourth-order valence-electron chi connectivity index (χ4n) is 2.64. The lowest BCUT2D eigenvalue weighted by Crippen LogP contribution is -2.21. The molecule has 1 aliphatic rings. The smallest absolute Gasteiger partial charge is 0.146 e. The van der Waals surface area contributed by atoms with Crippen molar-refractivity contribution in [3.05, 3.63) is 29.8 Å². The fraction of sp³-hybridized carbons (Fsp3) is 0.625. The van der Waals surface area contributed by atoms with E-state index < -0.39 is 0 Å². The molecule has 1 fully saturated rings. The van der Waals surface area contributed by atoms with Crippen LogP contribution >= 0.6 is 0 Å². The van der Waals surface area contributed by atoms with Crippen LogP contribution in [0.15, 0.2) is 18.2 Å². The van der Waals surface area contributed by atoms with E-state index in [1.165, 1.54) is 18.2 Å². The number of halogens is 2. The first-order valence-electron chi connectivity index (χ1n) is 7.26. The van der Waals surface area contributed by atoms with Crippen LogP contribution in [0, 0.1) is 23.5 Å². The second-order valence-corrected chi connectivity index (χ2v) is 5.33. The predicted molar refractivity (Wildman–Crippen MR) is 77.5 cm³/mol. The summed E-state index contributed by atoms with van der Waals surface area (Å²) in [6.45, 7) is 10.1. The Labute approximate surface area is 115 Å². The van der Waals surface area contributed by atoms with Crippen molar-refractivity contribution in [2.75, 3.05) is 18.0 Å². The lowest BCUT2D eigenvalue weighted by atomic mass is 9.97. The molecule has 3 heteroatoms. The largest absolute Gasteiger partial charge is 0.369 e. The van der Waals surface area contributed by atoms with Gasteiger partial charge in [-0.05, 0) is 36.8 Å². The van der Waals surface area contributed by atoms with Gasteiger partial charge in [-0.3, -0.25) is 0 Å². The molecular formula is C16H25F2N. The van der Waals surface area contributed by atoms with Crippen molar-refractivity contribution >= 4 is 5.69 Å². The molecule has 1 saturated heterocycles. The Bertz CT molecular complexity index is 390. The molecule has 1 unspecified atom stereocenters. The number of hydrogen-bond acceptors (Lipinski definition) is 1. The quantitative estimate of drug-likeness (QED) is 0.757. The average Bonchev–Trinajstić information content (AvgIpc) is 2.82. The molecule has 0 aliphatic carbocycles. The normalized spacial score (nSPS) is 18.5. The molecule has 0 aromatic heterocycles. The highest BCUT2D eigenvalue weighted by molar-refractivity contribution is 5.48. The van der Waals surface area contributed by atoms with Gasteiger partial charge < -0.3 is 4.90 Å². The molecule has 0 saturated carbocycles. The molecule has 0 spiro atoms. The van der Waals surface area contributed by atoms with Crippen LogP contribution in [0.2, 0.25) is 0 Å². The zero-order valence-corrected chi connectivity index (χ0v) is 12.4. The molecule has 0 amide bonds. The van der Waals surface area contributed by atoms with E-state index >= 15 is 0 Å². The van der Waals surface area contributed by atoms with Gasteiger partial charge in [0, 0.05) is 19.2 Å². The minimum absolute atomic E-state index is 0.323. The highest BCUT2D eigenvalue weighted by Crippen LogP contribution is 2.29. The first kappa shape index (κ1) is 15.9. The van der Waals surface area contributed by atoms with Crippen molar-refractivity contribution in [2.24, 2.45) is 11.8 Å². The van der Waals surface area contributed by atoms with E-state index in [1.54, 1.807) is 0 Å². The van der Waals surface area contributed by atoms with Crippen molar-refractivity contribution in [3.8, 4) is 0 Å². The molecule has 0 bridgehead atoms. The van der Waals surface area contributed by atoms with Crippen molar-refractivity contribution in [3.63, 3.8) is 0 Å². The Balaban J connectivity index is 0.000000861. The lowest BCUT2D eigenvalue weighted by Gasteiger charge is -2.20. The van der Waals surface area contributed by atoms with E-state index in [0.29, 0.717) is 17.5 Å². The van der Waals surface area contributed by atoms with Gasteiger partial charge in [0.2, 0.25) is 0 Å².